The van der Waals surface area contributed by atoms with Gasteiger partial charge in [0.25, 0.3) is 0 Å². The van der Waals surface area contributed by atoms with Crippen LogP contribution < -0.4 is 4.74 Å². The van der Waals surface area contributed by atoms with E-state index in [1.54, 1.807) is 48.5 Å². The molecule has 2 aromatic rings. The zero-order chi connectivity index (χ0) is 16.4. The van der Waals surface area contributed by atoms with Crippen molar-refractivity contribution in [2.24, 2.45) is 0 Å². The predicted octanol–water partition coefficient (Wildman–Crippen LogP) is 3.05. The summed E-state index contributed by atoms with van der Waals surface area (Å²) in [5, 5.41) is 0. The molecule has 0 atom stereocenters. The fourth-order valence-electron chi connectivity index (χ4n) is 2.54. The highest BCUT2D eigenvalue weighted by Gasteiger charge is 2.32. The minimum atomic E-state index is -0.627. The maximum Gasteiger partial charge on any atom is 0.339 e. The van der Waals surface area contributed by atoms with Crippen LogP contribution in [-0.4, -0.2) is 26.2 Å². The summed E-state index contributed by atoms with van der Waals surface area (Å²) >= 11 is 0. The molecule has 0 aliphatic carbocycles. The van der Waals surface area contributed by atoms with E-state index in [0.29, 0.717) is 22.6 Å². The Hall–Kier alpha value is -3.08. The maximum absolute atomic E-state index is 12.4. The monoisotopic (exact) mass is 310 g/mol. The van der Waals surface area contributed by atoms with E-state index in [1.165, 1.54) is 14.2 Å². The Morgan fingerprint density at radius 3 is 1.52 bits per heavy atom. The first-order valence-electron chi connectivity index (χ1n) is 6.95. The standard InChI is InChI=1S/C18H14O5/c1-21-17(19)15-11-7-3-5-9-13(11)23-14-10-6-4-8-12(14)16(15)18(20)22-2/h3-10H,1-2H3. The van der Waals surface area contributed by atoms with E-state index in [-0.39, 0.29) is 11.1 Å². The van der Waals surface area contributed by atoms with Crippen molar-refractivity contribution in [2.75, 3.05) is 14.2 Å². The lowest BCUT2D eigenvalue weighted by Crippen LogP contribution is -2.12. The van der Waals surface area contributed by atoms with Crippen LogP contribution in [0.15, 0.2) is 48.5 Å². The van der Waals surface area contributed by atoms with Gasteiger partial charge in [-0.2, -0.15) is 0 Å². The molecule has 2 aromatic carbocycles. The molecule has 0 fully saturated rings. The Balaban J connectivity index is 2.43. The van der Waals surface area contributed by atoms with Crippen LogP contribution in [0.4, 0.5) is 0 Å². The molecule has 0 unspecified atom stereocenters. The van der Waals surface area contributed by atoms with E-state index in [9.17, 15) is 9.59 Å². The number of carbonyl (C=O) groups excluding carboxylic acids is 2. The lowest BCUT2D eigenvalue weighted by Gasteiger charge is -2.11. The fraction of sp³-hybridized carbons (Fsp3) is 0.111. The summed E-state index contributed by atoms with van der Waals surface area (Å²) in [6.07, 6.45) is 0. The fourth-order valence-corrected chi connectivity index (χ4v) is 2.54. The van der Waals surface area contributed by atoms with Gasteiger partial charge in [-0.3, -0.25) is 0 Å². The number of carbonyl (C=O) groups is 2. The molecule has 116 valence electrons. The van der Waals surface area contributed by atoms with Crippen LogP contribution in [0.2, 0.25) is 0 Å². The van der Waals surface area contributed by atoms with E-state index < -0.39 is 11.9 Å². The van der Waals surface area contributed by atoms with Crippen LogP contribution in [0.3, 0.4) is 0 Å². The molecule has 0 N–H and O–H groups in total. The average molecular weight is 310 g/mol. The lowest BCUT2D eigenvalue weighted by molar-refractivity contribution is -0.135. The Morgan fingerprint density at radius 1 is 0.739 bits per heavy atom. The van der Waals surface area contributed by atoms with E-state index in [2.05, 4.69) is 0 Å². The molecule has 0 bridgehead atoms. The molecule has 5 heteroatoms. The molecule has 3 rings (SSSR count). The Bertz CT molecular complexity index is 752. The van der Waals surface area contributed by atoms with Gasteiger partial charge in [-0.05, 0) is 12.1 Å². The second-order valence-corrected chi connectivity index (χ2v) is 4.83. The molecule has 0 aromatic heterocycles. The van der Waals surface area contributed by atoms with Crippen LogP contribution in [0.5, 0.6) is 11.5 Å². The van der Waals surface area contributed by atoms with Crippen molar-refractivity contribution in [1.29, 1.82) is 0 Å². The highest BCUT2D eigenvalue weighted by Crippen LogP contribution is 2.42. The predicted molar refractivity (Wildman–Crippen MR) is 83.8 cm³/mol. The smallest absolute Gasteiger partial charge is 0.339 e. The maximum atomic E-state index is 12.4. The van der Waals surface area contributed by atoms with Gasteiger partial charge in [-0.1, -0.05) is 36.4 Å². The Labute approximate surface area is 133 Å². The van der Waals surface area contributed by atoms with Crippen LogP contribution in [0.25, 0.3) is 11.1 Å². The number of benzene rings is 2. The van der Waals surface area contributed by atoms with Gasteiger partial charge in [0.1, 0.15) is 11.5 Å². The van der Waals surface area contributed by atoms with Gasteiger partial charge in [0.05, 0.1) is 25.4 Å². The summed E-state index contributed by atoms with van der Waals surface area (Å²) in [4.78, 5) is 24.8. The van der Waals surface area contributed by atoms with Crippen molar-refractivity contribution in [1.82, 2.24) is 0 Å². The van der Waals surface area contributed by atoms with Crippen molar-refractivity contribution < 1.29 is 23.8 Å². The van der Waals surface area contributed by atoms with Crippen molar-refractivity contribution >= 4 is 23.1 Å². The molecule has 1 aliphatic heterocycles. The lowest BCUT2D eigenvalue weighted by atomic mass is 9.94. The van der Waals surface area contributed by atoms with Gasteiger partial charge in [0.2, 0.25) is 0 Å². The van der Waals surface area contributed by atoms with Gasteiger partial charge in [0.15, 0.2) is 0 Å². The highest BCUT2D eigenvalue weighted by molar-refractivity contribution is 6.38. The number of esters is 2. The number of para-hydroxylation sites is 2. The third-order valence-corrected chi connectivity index (χ3v) is 3.56. The van der Waals surface area contributed by atoms with Gasteiger partial charge >= 0.3 is 11.9 Å². The largest absolute Gasteiger partial charge is 0.465 e. The van der Waals surface area contributed by atoms with Gasteiger partial charge in [-0.25, -0.2) is 9.59 Å². The first kappa shape index (κ1) is 14.8. The van der Waals surface area contributed by atoms with E-state index >= 15 is 0 Å². The van der Waals surface area contributed by atoms with E-state index in [1.807, 2.05) is 0 Å². The van der Waals surface area contributed by atoms with Crippen molar-refractivity contribution in [2.45, 2.75) is 0 Å². The van der Waals surface area contributed by atoms with Gasteiger partial charge in [0, 0.05) is 11.1 Å². The summed E-state index contributed by atoms with van der Waals surface area (Å²) in [5.41, 5.74) is 1.21. The molecule has 5 nitrogen and oxygen atoms in total. The molecule has 0 amide bonds. The van der Waals surface area contributed by atoms with Crippen LogP contribution >= 0.6 is 0 Å². The summed E-state index contributed by atoms with van der Waals surface area (Å²) in [6, 6.07) is 14.0. The van der Waals surface area contributed by atoms with E-state index in [0.717, 1.165) is 0 Å². The number of hydrogen-bond acceptors (Lipinski definition) is 5. The third kappa shape index (κ3) is 2.46. The number of fused-ring (bicyclic) bond motifs is 2. The third-order valence-electron chi connectivity index (χ3n) is 3.56. The highest BCUT2D eigenvalue weighted by atomic mass is 16.5. The Kier molecular flexibility index (Phi) is 3.85. The zero-order valence-corrected chi connectivity index (χ0v) is 12.7. The van der Waals surface area contributed by atoms with Crippen molar-refractivity contribution in [3.8, 4) is 11.5 Å². The van der Waals surface area contributed by atoms with Crippen molar-refractivity contribution in [3.05, 3.63) is 59.7 Å². The second kappa shape index (κ2) is 5.96. The molecule has 23 heavy (non-hydrogen) atoms. The van der Waals surface area contributed by atoms with Gasteiger partial charge < -0.3 is 14.2 Å². The molecular formula is C18H14O5. The summed E-state index contributed by atoms with van der Waals surface area (Å²) < 4.78 is 15.7. The zero-order valence-electron chi connectivity index (χ0n) is 12.7. The second-order valence-electron chi connectivity index (χ2n) is 4.83. The average Bonchev–Trinajstić information content (AvgIpc) is 2.74. The molecule has 1 aliphatic rings. The summed E-state index contributed by atoms with van der Waals surface area (Å²) in [7, 11) is 2.54. The quantitative estimate of drug-likeness (QED) is 0.798. The van der Waals surface area contributed by atoms with E-state index in [4.69, 9.17) is 14.2 Å². The SMILES string of the molecule is COC(=O)C1=C(C(=O)OC)c2ccccc2Oc2ccccc21. The minimum absolute atomic E-state index is 0.125. The number of ether oxygens (including phenoxy) is 3. The van der Waals surface area contributed by atoms with Crippen LogP contribution in [-0.2, 0) is 19.1 Å². The molecule has 0 spiro atoms. The molecule has 1 heterocycles. The number of methoxy groups -OCH3 is 2. The van der Waals surface area contributed by atoms with Crippen LogP contribution in [0, 0.1) is 0 Å². The van der Waals surface area contributed by atoms with Gasteiger partial charge in [-0.15, -0.1) is 0 Å². The molecule has 0 saturated carbocycles. The molecule has 0 radical (unpaired) electrons. The topological polar surface area (TPSA) is 61.8 Å². The van der Waals surface area contributed by atoms with Crippen molar-refractivity contribution in [3.63, 3.8) is 0 Å². The normalized spacial score (nSPS) is 12.4. The molecular weight excluding hydrogens is 296 g/mol. The first-order chi connectivity index (χ1) is 11.2. The van der Waals surface area contributed by atoms with Crippen LogP contribution in [0.1, 0.15) is 11.1 Å². The number of rotatable bonds is 2. The Morgan fingerprint density at radius 2 is 1.13 bits per heavy atom. The number of hydrogen-bond donors (Lipinski definition) is 0. The summed E-state index contributed by atoms with van der Waals surface area (Å²) in [6.45, 7) is 0. The summed E-state index contributed by atoms with van der Waals surface area (Å²) in [5.74, 6) is -0.310. The first-order valence-corrected chi connectivity index (χ1v) is 6.95. The molecule has 0 saturated heterocycles. The minimum Gasteiger partial charge on any atom is -0.465 e.